The third-order valence-corrected chi connectivity index (χ3v) is 13.4. The first-order valence-corrected chi connectivity index (χ1v) is 20.6. The van der Waals surface area contributed by atoms with Gasteiger partial charge in [-0.3, -0.25) is 0 Å². The van der Waals surface area contributed by atoms with Crippen molar-refractivity contribution in [1.29, 1.82) is 0 Å². The third kappa shape index (κ3) is 4.88. The number of hydrogen-bond acceptors (Lipinski definition) is 0. The van der Waals surface area contributed by atoms with Gasteiger partial charge in [-0.25, -0.2) is 0 Å². The fraction of sp³-hybridized carbons (Fsp3) is 0.0690. The molecule has 2 aliphatic carbocycles. The first-order valence-electron chi connectivity index (χ1n) is 20.6. The molecule has 0 spiro atoms. The maximum Gasteiger partial charge on any atom is 0.00735 e. The van der Waals surface area contributed by atoms with Crippen LogP contribution in [0.1, 0.15) is 47.9 Å². The van der Waals surface area contributed by atoms with E-state index in [1.807, 2.05) is 0 Å². The predicted molar refractivity (Wildman–Crippen MR) is 247 cm³/mol. The zero-order valence-electron chi connectivity index (χ0n) is 32.6. The molecule has 0 aliphatic heterocycles. The van der Waals surface area contributed by atoms with E-state index in [2.05, 4.69) is 208 Å². The van der Waals surface area contributed by atoms with E-state index < -0.39 is 0 Å². The minimum absolute atomic E-state index is 0.362. The van der Waals surface area contributed by atoms with Crippen LogP contribution in [0, 0.1) is 0 Å². The summed E-state index contributed by atoms with van der Waals surface area (Å²) in [5.41, 5.74) is 21.3. The molecule has 0 heteroatoms. The molecule has 0 N–H and O–H groups in total. The number of fused-ring (bicyclic) bond motifs is 9. The smallest absolute Gasteiger partial charge is 0.00735 e. The normalized spacial score (nSPS) is 15.1. The Bertz CT molecular complexity index is 3250. The molecule has 0 heterocycles. The SMILES string of the molecule is CC1c2ccccc2-c2ccc(-c3ccc(-c4cc(-c5c6ccccc6c(-c6ccc7c(c6)C(C)c6ccccc6-7)c6ccccc56)c5ccccc5c4)cc3)cc21. The van der Waals surface area contributed by atoms with Crippen LogP contribution in [0.3, 0.4) is 0 Å². The summed E-state index contributed by atoms with van der Waals surface area (Å²) < 4.78 is 0. The fourth-order valence-corrected chi connectivity index (χ4v) is 10.5. The lowest BCUT2D eigenvalue weighted by Gasteiger charge is -2.20. The zero-order chi connectivity index (χ0) is 38.5. The van der Waals surface area contributed by atoms with Crippen LogP contribution in [-0.2, 0) is 0 Å². The molecule has 2 aliphatic rings. The molecule has 58 heavy (non-hydrogen) atoms. The van der Waals surface area contributed by atoms with Crippen molar-refractivity contribution in [2.45, 2.75) is 25.7 Å². The topological polar surface area (TPSA) is 0 Å². The van der Waals surface area contributed by atoms with Crippen LogP contribution in [0.4, 0.5) is 0 Å². The van der Waals surface area contributed by atoms with Crippen LogP contribution < -0.4 is 0 Å². The molecule has 0 aromatic heterocycles. The maximum absolute atomic E-state index is 2.47. The Morgan fingerprint density at radius 3 is 1.26 bits per heavy atom. The van der Waals surface area contributed by atoms with E-state index in [-0.39, 0.29) is 0 Å². The Balaban J connectivity index is 1.01. The zero-order valence-corrected chi connectivity index (χ0v) is 32.6. The van der Waals surface area contributed by atoms with Gasteiger partial charge in [0, 0.05) is 11.8 Å². The summed E-state index contributed by atoms with van der Waals surface area (Å²) in [5, 5.41) is 7.63. The monoisotopic (exact) mass is 736 g/mol. The van der Waals surface area contributed by atoms with Gasteiger partial charge in [0.2, 0.25) is 0 Å². The van der Waals surface area contributed by atoms with Gasteiger partial charge in [0.25, 0.3) is 0 Å². The average Bonchev–Trinajstić information content (AvgIpc) is 3.74. The molecule has 2 unspecified atom stereocenters. The van der Waals surface area contributed by atoms with Gasteiger partial charge in [-0.1, -0.05) is 184 Å². The van der Waals surface area contributed by atoms with E-state index in [0.717, 1.165) is 0 Å². The number of hydrogen-bond donors (Lipinski definition) is 0. The van der Waals surface area contributed by atoms with Gasteiger partial charge in [0.1, 0.15) is 0 Å². The number of rotatable bonds is 4. The maximum atomic E-state index is 2.47. The average molecular weight is 737 g/mol. The molecule has 0 saturated heterocycles. The Labute approximate surface area is 339 Å². The van der Waals surface area contributed by atoms with Crippen LogP contribution in [0.15, 0.2) is 194 Å². The lowest BCUT2D eigenvalue weighted by atomic mass is 9.83. The second kappa shape index (κ2) is 12.7. The molecule has 272 valence electrons. The Morgan fingerprint density at radius 1 is 0.259 bits per heavy atom. The van der Waals surface area contributed by atoms with Crippen LogP contribution in [0.2, 0.25) is 0 Å². The van der Waals surface area contributed by atoms with E-state index in [1.54, 1.807) is 0 Å². The lowest BCUT2D eigenvalue weighted by Crippen LogP contribution is -1.94. The van der Waals surface area contributed by atoms with Crippen LogP contribution in [0.5, 0.6) is 0 Å². The molecule has 0 bridgehead atoms. The summed E-state index contributed by atoms with van der Waals surface area (Å²) in [6.45, 7) is 4.69. The molecular formula is C58H40. The Kier molecular flexibility index (Phi) is 7.29. The van der Waals surface area contributed by atoms with Gasteiger partial charge in [0.15, 0.2) is 0 Å². The van der Waals surface area contributed by atoms with Crippen molar-refractivity contribution >= 4 is 32.3 Å². The molecule has 0 saturated carbocycles. The second-order valence-corrected chi connectivity index (χ2v) is 16.4. The summed E-state index contributed by atoms with van der Waals surface area (Å²) in [4.78, 5) is 0. The van der Waals surface area contributed by atoms with Crippen LogP contribution in [0.25, 0.3) is 99.1 Å². The molecule has 0 nitrogen and oxygen atoms in total. The minimum atomic E-state index is 0.362. The van der Waals surface area contributed by atoms with Crippen molar-refractivity contribution in [2.24, 2.45) is 0 Å². The fourth-order valence-electron chi connectivity index (χ4n) is 10.5. The molecule has 0 radical (unpaired) electrons. The highest BCUT2D eigenvalue weighted by atomic mass is 14.3. The molecule has 10 aromatic rings. The standard InChI is InChI=1S/C58H40/c1-35-43-14-5-7-17-46(43)48-29-27-39(32-54(35)48)37-23-25-38(26-24-37)42-31-40-13-3-4-16-45(40)56(34-42)58-52-21-11-9-19-50(52)57(51-20-10-12-22-53(51)58)41-28-30-49-47-18-8-6-15-44(47)36(2)55(49)33-41/h3-36H,1-2H3. The quantitative estimate of drug-likeness (QED) is 0.158. The second-order valence-electron chi connectivity index (χ2n) is 16.4. The van der Waals surface area contributed by atoms with Gasteiger partial charge in [-0.05, 0) is 146 Å². The van der Waals surface area contributed by atoms with Gasteiger partial charge < -0.3 is 0 Å². The van der Waals surface area contributed by atoms with Crippen LogP contribution >= 0.6 is 0 Å². The van der Waals surface area contributed by atoms with Crippen LogP contribution in [-0.4, -0.2) is 0 Å². The van der Waals surface area contributed by atoms with Gasteiger partial charge in [-0.2, -0.15) is 0 Å². The largest absolute Gasteiger partial charge is 0.0619 e. The van der Waals surface area contributed by atoms with Crippen molar-refractivity contribution in [3.05, 3.63) is 216 Å². The van der Waals surface area contributed by atoms with Gasteiger partial charge >= 0.3 is 0 Å². The molecule has 2 atom stereocenters. The predicted octanol–water partition coefficient (Wildman–Crippen LogP) is 16.1. The van der Waals surface area contributed by atoms with E-state index in [4.69, 9.17) is 0 Å². The highest BCUT2D eigenvalue weighted by Crippen LogP contribution is 2.50. The number of benzene rings is 10. The summed E-state index contributed by atoms with van der Waals surface area (Å²) >= 11 is 0. The van der Waals surface area contributed by atoms with E-state index in [1.165, 1.54) is 121 Å². The molecule has 0 amide bonds. The van der Waals surface area contributed by atoms with E-state index >= 15 is 0 Å². The highest BCUT2D eigenvalue weighted by Gasteiger charge is 2.27. The Morgan fingerprint density at radius 2 is 0.672 bits per heavy atom. The molecule has 10 aromatic carbocycles. The minimum Gasteiger partial charge on any atom is -0.0619 e. The van der Waals surface area contributed by atoms with E-state index in [0.29, 0.717) is 11.8 Å². The molecular weight excluding hydrogens is 697 g/mol. The molecule has 0 fully saturated rings. The first kappa shape index (κ1) is 33.2. The van der Waals surface area contributed by atoms with Gasteiger partial charge in [0.05, 0.1) is 0 Å². The highest BCUT2D eigenvalue weighted by molar-refractivity contribution is 6.24. The lowest BCUT2D eigenvalue weighted by molar-refractivity contribution is 0.957. The van der Waals surface area contributed by atoms with Gasteiger partial charge in [-0.15, -0.1) is 0 Å². The van der Waals surface area contributed by atoms with E-state index in [9.17, 15) is 0 Å². The van der Waals surface area contributed by atoms with Crippen molar-refractivity contribution in [3.8, 4) is 66.8 Å². The third-order valence-electron chi connectivity index (χ3n) is 13.4. The molecule has 12 rings (SSSR count). The van der Waals surface area contributed by atoms with Crippen molar-refractivity contribution in [1.82, 2.24) is 0 Å². The Hall–Kier alpha value is -7.02. The van der Waals surface area contributed by atoms with Crippen molar-refractivity contribution in [2.75, 3.05) is 0 Å². The van der Waals surface area contributed by atoms with Crippen molar-refractivity contribution < 1.29 is 0 Å². The summed E-state index contributed by atoms with van der Waals surface area (Å²) in [5.74, 6) is 0.763. The summed E-state index contributed by atoms with van der Waals surface area (Å²) in [6, 6.07) is 73.0. The summed E-state index contributed by atoms with van der Waals surface area (Å²) in [7, 11) is 0. The first-order chi connectivity index (χ1) is 28.6. The summed E-state index contributed by atoms with van der Waals surface area (Å²) in [6.07, 6.45) is 0. The van der Waals surface area contributed by atoms with Crippen molar-refractivity contribution in [3.63, 3.8) is 0 Å².